The lowest BCUT2D eigenvalue weighted by Crippen LogP contribution is -2.19. The van der Waals surface area contributed by atoms with Gasteiger partial charge in [0.1, 0.15) is 0 Å². The summed E-state index contributed by atoms with van der Waals surface area (Å²) in [5, 5.41) is 3.56. The second-order valence-corrected chi connectivity index (χ2v) is 6.53. The first-order chi connectivity index (χ1) is 7.70. The molecule has 0 amide bonds. The van der Waals surface area contributed by atoms with E-state index in [0.29, 0.717) is 6.04 Å². The van der Waals surface area contributed by atoms with Crippen molar-refractivity contribution in [2.75, 3.05) is 6.54 Å². The van der Waals surface area contributed by atoms with Crippen LogP contribution in [0.4, 0.5) is 0 Å². The Morgan fingerprint density at radius 2 is 1.50 bits per heavy atom. The SMILES string of the molecule is CCNC(c1ccc(C)s1)c1ccc(C)s1. The fourth-order valence-corrected chi connectivity index (χ4v) is 3.78. The highest BCUT2D eigenvalue weighted by Gasteiger charge is 2.16. The molecule has 0 saturated carbocycles. The Labute approximate surface area is 105 Å². The fraction of sp³-hybridized carbons (Fsp3) is 0.385. The number of nitrogens with one attached hydrogen (secondary N) is 1. The molecule has 1 N–H and O–H groups in total. The van der Waals surface area contributed by atoms with Gasteiger partial charge in [0, 0.05) is 19.5 Å². The van der Waals surface area contributed by atoms with Crippen LogP contribution in [0.15, 0.2) is 24.3 Å². The monoisotopic (exact) mass is 251 g/mol. The van der Waals surface area contributed by atoms with Crippen molar-refractivity contribution >= 4 is 22.7 Å². The minimum atomic E-state index is 0.377. The van der Waals surface area contributed by atoms with Gasteiger partial charge in [0.2, 0.25) is 0 Å². The zero-order valence-corrected chi connectivity index (χ0v) is 11.5. The highest BCUT2D eigenvalue weighted by atomic mass is 32.1. The zero-order valence-electron chi connectivity index (χ0n) is 9.91. The van der Waals surface area contributed by atoms with Crippen LogP contribution in [0.25, 0.3) is 0 Å². The Hall–Kier alpha value is -0.640. The van der Waals surface area contributed by atoms with Crippen LogP contribution < -0.4 is 5.32 Å². The van der Waals surface area contributed by atoms with Gasteiger partial charge in [0.25, 0.3) is 0 Å². The van der Waals surface area contributed by atoms with E-state index in [1.54, 1.807) is 0 Å². The van der Waals surface area contributed by atoms with Gasteiger partial charge in [-0.2, -0.15) is 0 Å². The van der Waals surface area contributed by atoms with E-state index >= 15 is 0 Å². The van der Waals surface area contributed by atoms with Gasteiger partial charge in [-0.25, -0.2) is 0 Å². The topological polar surface area (TPSA) is 12.0 Å². The average molecular weight is 251 g/mol. The van der Waals surface area contributed by atoms with Crippen molar-refractivity contribution in [3.05, 3.63) is 43.8 Å². The van der Waals surface area contributed by atoms with Crippen LogP contribution in [-0.4, -0.2) is 6.54 Å². The van der Waals surface area contributed by atoms with Crippen molar-refractivity contribution in [3.8, 4) is 0 Å². The number of hydrogen-bond donors (Lipinski definition) is 1. The van der Waals surface area contributed by atoms with Gasteiger partial charge in [-0.05, 0) is 44.7 Å². The van der Waals surface area contributed by atoms with Crippen LogP contribution in [0.1, 0.15) is 32.5 Å². The molecule has 0 saturated heterocycles. The lowest BCUT2D eigenvalue weighted by atomic mass is 10.2. The molecule has 0 aromatic carbocycles. The van der Waals surface area contributed by atoms with Crippen molar-refractivity contribution in [3.63, 3.8) is 0 Å². The lowest BCUT2D eigenvalue weighted by Gasteiger charge is -2.14. The van der Waals surface area contributed by atoms with Crippen LogP contribution >= 0.6 is 22.7 Å². The third-order valence-electron chi connectivity index (χ3n) is 2.50. The Morgan fingerprint density at radius 1 is 1.00 bits per heavy atom. The highest BCUT2D eigenvalue weighted by Crippen LogP contribution is 2.32. The molecule has 0 radical (unpaired) electrons. The minimum Gasteiger partial charge on any atom is -0.305 e. The fourth-order valence-electron chi connectivity index (χ4n) is 1.76. The lowest BCUT2D eigenvalue weighted by molar-refractivity contribution is 0.649. The van der Waals surface area contributed by atoms with E-state index in [1.807, 2.05) is 22.7 Å². The Kier molecular flexibility index (Phi) is 3.79. The normalized spacial score (nSPS) is 11.2. The smallest absolute Gasteiger partial charge is 0.0765 e. The van der Waals surface area contributed by atoms with Gasteiger partial charge in [0.05, 0.1) is 6.04 Å². The average Bonchev–Trinajstić information content (AvgIpc) is 2.84. The summed E-state index contributed by atoms with van der Waals surface area (Å²) in [7, 11) is 0. The summed E-state index contributed by atoms with van der Waals surface area (Å²) < 4.78 is 0. The molecule has 0 bridgehead atoms. The molecular weight excluding hydrogens is 234 g/mol. The standard InChI is InChI=1S/C13H17NS2/c1-4-14-13(11-7-5-9(2)15-11)12-8-6-10(3)16-12/h5-8,13-14H,4H2,1-3H3. The second kappa shape index (κ2) is 5.13. The Balaban J connectivity index is 2.30. The van der Waals surface area contributed by atoms with Gasteiger partial charge in [0.15, 0.2) is 0 Å². The maximum atomic E-state index is 3.56. The van der Waals surface area contributed by atoms with E-state index in [9.17, 15) is 0 Å². The molecule has 0 fully saturated rings. The Morgan fingerprint density at radius 3 is 1.81 bits per heavy atom. The number of thiophene rings is 2. The van der Waals surface area contributed by atoms with Crippen LogP contribution in [0, 0.1) is 13.8 Å². The van der Waals surface area contributed by atoms with Gasteiger partial charge in [-0.15, -0.1) is 22.7 Å². The van der Waals surface area contributed by atoms with E-state index in [2.05, 4.69) is 50.4 Å². The predicted octanol–water partition coefficient (Wildman–Crippen LogP) is 4.13. The van der Waals surface area contributed by atoms with Crippen molar-refractivity contribution in [2.45, 2.75) is 26.8 Å². The molecule has 2 aromatic heterocycles. The van der Waals surface area contributed by atoms with E-state index in [-0.39, 0.29) is 0 Å². The summed E-state index contributed by atoms with van der Waals surface area (Å²) >= 11 is 3.77. The van der Waals surface area contributed by atoms with E-state index in [4.69, 9.17) is 0 Å². The molecule has 1 nitrogen and oxygen atoms in total. The maximum absolute atomic E-state index is 3.56. The molecule has 86 valence electrons. The molecule has 2 aromatic rings. The van der Waals surface area contributed by atoms with Crippen LogP contribution in [0.2, 0.25) is 0 Å². The summed E-state index contributed by atoms with van der Waals surface area (Å²) in [6.07, 6.45) is 0. The molecule has 3 heteroatoms. The molecule has 2 heterocycles. The molecule has 0 unspecified atom stereocenters. The minimum absolute atomic E-state index is 0.377. The second-order valence-electron chi connectivity index (χ2n) is 3.89. The molecule has 2 rings (SSSR count). The number of rotatable bonds is 4. The maximum Gasteiger partial charge on any atom is 0.0765 e. The molecule has 0 spiro atoms. The van der Waals surface area contributed by atoms with Crippen molar-refractivity contribution in [2.24, 2.45) is 0 Å². The quantitative estimate of drug-likeness (QED) is 0.861. The highest BCUT2D eigenvalue weighted by molar-refractivity contribution is 7.13. The molecule has 0 aliphatic rings. The van der Waals surface area contributed by atoms with E-state index in [0.717, 1.165) is 6.54 Å². The zero-order chi connectivity index (χ0) is 11.5. The molecule has 0 aliphatic carbocycles. The first kappa shape index (κ1) is 11.8. The summed E-state index contributed by atoms with van der Waals surface area (Å²) in [4.78, 5) is 5.60. The van der Waals surface area contributed by atoms with Gasteiger partial charge in [-0.1, -0.05) is 6.92 Å². The summed E-state index contributed by atoms with van der Waals surface area (Å²) in [6, 6.07) is 9.25. The number of aryl methyl sites for hydroxylation is 2. The van der Waals surface area contributed by atoms with Crippen LogP contribution in [-0.2, 0) is 0 Å². The van der Waals surface area contributed by atoms with Crippen LogP contribution in [0.3, 0.4) is 0 Å². The Bertz CT molecular complexity index is 416. The van der Waals surface area contributed by atoms with Gasteiger partial charge in [-0.3, -0.25) is 0 Å². The van der Waals surface area contributed by atoms with Crippen molar-refractivity contribution in [1.82, 2.24) is 5.32 Å². The number of hydrogen-bond acceptors (Lipinski definition) is 3. The van der Waals surface area contributed by atoms with E-state index in [1.165, 1.54) is 19.5 Å². The van der Waals surface area contributed by atoms with Gasteiger partial charge < -0.3 is 5.32 Å². The van der Waals surface area contributed by atoms with E-state index < -0.39 is 0 Å². The first-order valence-electron chi connectivity index (χ1n) is 5.56. The van der Waals surface area contributed by atoms with Crippen molar-refractivity contribution < 1.29 is 0 Å². The third kappa shape index (κ3) is 2.54. The molecular formula is C13H17NS2. The van der Waals surface area contributed by atoms with Crippen LogP contribution in [0.5, 0.6) is 0 Å². The summed E-state index contributed by atoms with van der Waals surface area (Å²) in [5.41, 5.74) is 0. The third-order valence-corrected chi connectivity index (χ3v) is 4.63. The molecule has 16 heavy (non-hydrogen) atoms. The first-order valence-corrected chi connectivity index (χ1v) is 7.20. The molecule has 0 atom stereocenters. The van der Waals surface area contributed by atoms with Gasteiger partial charge >= 0.3 is 0 Å². The largest absolute Gasteiger partial charge is 0.305 e. The summed E-state index contributed by atoms with van der Waals surface area (Å²) in [5.74, 6) is 0. The predicted molar refractivity (Wildman–Crippen MR) is 73.6 cm³/mol. The molecule has 0 aliphatic heterocycles. The van der Waals surface area contributed by atoms with Crippen molar-refractivity contribution in [1.29, 1.82) is 0 Å². The summed E-state index contributed by atoms with van der Waals surface area (Å²) in [6.45, 7) is 7.49.